The summed E-state index contributed by atoms with van der Waals surface area (Å²) in [4.78, 5) is 44.7. The first kappa shape index (κ1) is 32.5. The van der Waals surface area contributed by atoms with Gasteiger partial charge in [0.25, 0.3) is 11.8 Å². The Morgan fingerprint density at radius 1 is 0.913 bits per heavy atom. The number of aromatic nitrogens is 1. The molecule has 8 nitrogen and oxygen atoms in total. The number of carbonyl (C=O) groups excluding carboxylic acids is 3. The minimum atomic E-state index is -0.511. The molecule has 4 aromatic carbocycles. The van der Waals surface area contributed by atoms with Gasteiger partial charge < -0.3 is 20.7 Å². The predicted octanol–water partition coefficient (Wildman–Crippen LogP) is 8.00. The molecule has 0 saturated heterocycles. The molecule has 0 radical (unpaired) electrons. The zero-order valence-electron chi connectivity index (χ0n) is 24.8. The number of amides is 3. The van der Waals surface area contributed by atoms with E-state index in [4.69, 9.17) is 16.3 Å². The van der Waals surface area contributed by atoms with E-state index in [1.165, 1.54) is 23.1 Å². The molecule has 1 atom stereocenters. The van der Waals surface area contributed by atoms with Crippen LogP contribution in [0.5, 0.6) is 5.75 Å². The number of benzene rings is 4. The van der Waals surface area contributed by atoms with E-state index in [1.807, 2.05) is 41.8 Å². The van der Waals surface area contributed by atoms with Crippen LogP contribution < -0.4 is 20.7 Å². The van der Waals surface area contributed by atoms with Crippen molar-refractivity contribution in [3.63, 3.8) is 0 Å². The van der Waals surface area contributed by atoms with E-state index in [0.717, 1.165) is 21.9 Å². The van der Waals surface area contributed by atoms with Crippen LogP contribution in [0.15, 0.2) is 119 Å². The molecule has 3 N–H and O–H groups in total. The Hall–Kier alpha value is -4.90. The van der Waals surface area contributed by atoms with Crippen LogP contribution in [0.4, 0.5) is 10.8 Å². The number of rotatable bonds is 11. The summed E-state index contributed by atoms with van der Waals surface area (Å²) in [7, 11) is 1.61. The fourth-order valence-electron chi connectivity index (χ4n) is 4.22. The third-order valence-electron chi connectivity index (χ3n) is 6.58. The summed E-state index contributed by atoms with van der Waals surface area (Å²) >= 11 is 8.71. The summed E-state index contributed by atoms with van der Waals surface area (Å²) in [5.74, 6) is -0.410. The van der Waals surface area contributed by atoms with Crippen molar-refractivity contribution in [3.05, 3.63) is 130 Å². The van der Waals surface area contributed by atoms with Gasteiger partial charge in [-0.3, -0.25) is 14.4 Å². The summed E-state index contributed by atoms with van der Waals surface area (Å²) in [6.07, 6.45) is 1.58. The van der Waals surface area contributed by atoms with Crippen LogP contribution in [-0.4, -0.2) is 35.1 Å². The van der Waals surface area contributed by atoms with E-state index in [0.29, 0.717) is 27.0 Å². The fourth-order valence-corrected chi connectivity index (χ4v) is 6.00. The minimum Gasteiger partial charge on any atom is -0.497 e. The average Bonchev–Trinajstić information content (AvgIpc) is 3.54. The Morgan fingerprint density at radius 3 is 2.43 bits per heavy atom. The molecule has 0 aliphatic heterocycles. The van der Waals surface area contributed by atoms with Crippen LogP contribution in [0.3, 0.4) is 0 Å². The van der Waals surface area contributed by atoms with E-state index in [2.05, 4.69) is 20.9 Å². The lowest BCUT2D eigenvalue weighted by atomic mass is 10.1. The van der Waals surface area contributed by atoms with Gasteiger partial charge in [0.05, 0.1) is 18.1 Å². The molecular weight excluding hydrogens is 640 g/mol. The van der Waals surface area contributed by atoms with Gasteiger partial charge in [-0.2, -0.15) is 0 Å². The van der Waals surface area contributed by atoms with Gasteiger partial charge in [-0.1, -0.05) is 60.1 Å². The maximum absolute atomic E-state index is 13.4. The molecule has 46 heavy (non-hydrogen) atoms. The SMILES string of the molecule is COc1cccc(-c2csc(NC(=O)C(C)Sc3cccc(NC(=O)/C(=C/c4ccc(Cl)cc4)NC(=O)c4ccccc4)c3)n2)c1. The van der Waals surface area contributed by atoms with Crippen LogP contribution >= 0.6 is 34.7 Å². The predicted molar refractivity (Wildman–Crippen MR) is 186 cm³/mol. The molecule has 0 saturated carbocycles. The van der Waals surface area contributed by atoms with Crippen LogP contribution in [0, 0.1) is 0 Å². The first-order valence-corrected chi connectivity index (χ1v) is 16.2. The highest BCUT2D eigenvalue weighted by molar-refractivity contribution is 8.00. The van der Waals surface area contributed by atoms with Crippen molar-refractivity contribution >= 4 is 69.3 Å². The van der Waals surface area contributed by atoms with Crippen molar-refractivity contribution in [2.45, 2.75) is 17.1 Å². The quantitative estimate of drug-likeness (QED) is 0.0972. The molecule has 0 aliphatic rings. The van der Waals surface area contributed by atoms with Gasteiger partial charge in [0.1, 0.15) is 11.4 Å². The topological polar surface area (TPSA) is 109 Å². The van der Waals surface area contributed by atoms with Crippen LogP contribution in [0.2, 0.25) is 5.02 Å². The number of nitrogens with one attached hydrogen (secondary N) is 3. The summed E-state index contributed by atoms with van der Waals surface area (Å²) in [6.45, 7) is 1.80. The molecule has 232 valence electrons. The number of thiazole rings is 1. The van der Waals surface area contributed by atoms with E-state index >= 15 is 0 Å². The molecule has 1 aromatic heterocycles. The lowest BCUT2D eigenvalue weighted by molar-refractivity contribution is -0.115. The monoisotopic (exact) mass is 668 g/mol. The molecule has 0 aliphatic carbocycles. The van der Waals surface area contributed by atoms with Crippen molar-refractivity contribution in [1.82, 2.24) is 10.3 Å². The molecule has 11 heteroatoms. The maximum Gasteiger partial charge on any atom is 0.272 e. The number of carbonyl (C=O) groups is 3. The number of thioether (sulfide) groups is 1. The highest BCUT2D eigenvalue weighted by Gasteiger charge is 2.18. The van der Waals surface area contributed by atoms with Gasteiger partial charge in [0.15, 0.2) is 5.13 Å². The van der Waals surface area contributed by atoms with Crippen molar-refractivity contribution in [2.75, 3.05) is 17.7 Å². The fraction of sp³-hybridized carbons (Fsp3) is 0.0857. The second kappa shape index (κ2) is 15.4. The van der Waals surface area contributed by atoms with Crippen molar-refractivity contribution in [2.24, 2.45) is 0 Å². The van der Waals surface area contributed by atoms with Gasteiger partial charge in [0.2, 0.25) is 5.91 Å². The summed E-state index contributed by atoms with van der Waals surface area (Å²) in [5, 5.41) is 11.0. The third-order valence-corrected chi connectivity index (χ3v) is 8.69. The number of anilines is 2. The lowest BCUT2D eigenvalue weighted by Gasteiger charge is -2.13. The number of nitrogens with zero attached hydrogens (tertiary/aromatic N) is 1. The maximum atomic E-state index is 13.4. The van der Waals surface area contributed by atoms with Gasteiger partial charge in [-0.05, 0) is 73.2 Å². The van der Waals surface area contributed by atoms with E-state index in [1.54, 1.807) is 86.8 Å². The van der Waals surface area contributed by atoms with Crippen molar-refractivity contribution < 1.29 is 19.1 Å². The molecular formula is C35H29ClN4O4S2. The Morgan fingerprint density at radius 2 is 1.67 bits per heavy atom. The minimum absolute atomic E-state index is 0.0544. The lowest BCUT2D eigenvalue weighted by Crippen LogP contribution is -2.30. The number of halogens is 1. The highest BCUT2D eigenvalue weighted by Crippen LogP contribution is 2.30. The van der Waals surface area contributed by atoms with E-state index < -0.39 is 17.1 Å². The molecule has 5 aromatic rings. The first-order chi connectivity index (χ1) is 22.3. The largest absolute Gasteiger partial charge is 0.497 e. The van der Waals surface area contributed by atoms with Gasteiger partial charge in [-0.15, -0.1) is 23.1 Å². The van der Waals surface area contributed by atoms with Crippen molar-refractivity contribution in [3.8, 4) is 17.0 Å². The molecule has 0 spiro atoms. The molecule has 1 heterocycles. The smallest absolute Gasteiger partial charge is 0.272 e. The average molecular weight is 669 g/mol. The van der Waals surface area contributed by atoms with Crippen LogP contribution in [0.25, 0.3) is 17.3 Å². The molecule has 1 unspecified atom stereocenters. The molecule has 3 amide bonds. The molecule has 0 fully saturated rings. The summed E-state index contributed by atoms with van der Waals surface area (Å²) < 4.78 is 5.29. The number of hydrogen-bond donors (Lipinski definition) is 3. The molecule has 5 rings (SSSR count). The van der Waals surface area contributed by atoms with E-state index in [-0.39, 0.29) is 11.6 Å². The standard InChI is InChI=1S/C35H29ClN4O4S2/c1-22(32(41)40-35-39-31(21-45-35)25-10-6-12-28(19-25)44-2)46-29-13-7-11-27(20-29)37-34(43)30(18-23-14-16-26(36)17-15-23)38-33(42)24-8-4-3-5-9-24/h3-22H,1-2H3,(H,37,43)(H,38,42)(H,39,40,41)/b30-18-. The summed E-state index contributed by atoms with van der Waals surface area (Å²) in [5.41, 5.74) is 3.29. The zero-order chi connectivity index (χ0) is 32.5. The van der Waals surface area contributed by atoms with Crippen molar-refractivity contribution in [1.29, 1.82) is 0 Å². The van der Waals surface area contributed by atoms with Gasteiger partial charge in [-0.25, -0.2) is 4.98 Å². The Labute approximate surface area is 279 Å². The second-order valence-electron chi connectivity index (χ2n) is 9.93. The molecule has 0 bridgehead atoms. The van der Waals surface area contributed by atoms with E-state index in [9.17, 15) is 14.4 Å². The third kappa shape index (κ3) is 8.85. The Bertz CT molecular complexity index is 1880. The highest BCUT2D eigenvalue weighted by atomic mass is 35.5. The normalized spacial score (nSPS) is 11.8. The number of ether oxygens (including phenoxy) is 1. The zero-order valence-corrected chi connectivity index (χ0v) is 27.2. The van der Waals surface area contributed by atoms with Crippen LogP contribution in [0.1, 0.15) is 22.8 Å². The van der Waals surface area contributed by atoms with Gasteiger partial charge in [0, 0.05) is 32.1 Å². The first-order valence-electron chi connectivity index (χ1n) is 14.1. The van der Waals surface area contributed by atoms with Gasteiger partial charge >= 0.3 is 0 Å². The number of methoxy groups -OCH3 is 1. The Balaban J connectivity index is 1.24. The number of hydrogen-bond acceptors (Lipinski definition) is 7. The Kier molecular flexibility index (Phi) is 10.9. The summed E-state index contributed by atoms with van der Waals surface area (Å²) in [6, 6.07) is 30.3. The van der Waals surface area contributed by atoms with Crippen LogP contribution in [-0.2, 0) is 9.59 Å². The second-order valence-corrected chi connectivity index (χ2v) is 12.6.